The Bertz CT molecular complexity index is 577. The molecule has 7 heteroatoms. The summed E-state index contributed by atoms with van der Waals surface area (Å²) >= 11 is 0. The van der Waals surface area contributed by atoms with Crippen LogP contribution in [0.5, 0.6) is 0 Å². The van der Waals surface area contributed by atoms with Crippen molar-refractivity contribution in [1.82, 2.24) is 9.62 Å². The first-order valence-electron chi connectivity index (χ1n) is 6.73. The normalized spacial score (nSPS) is 20.4. The van der Waals surface area contributed by atoms with Crippen LogP contribution in [-0.2, 0) is 10.0 Å². The Morgan fingerprint density at radius 1 is 1.50 bits per heavy atom. The Hall–Kier alpha value is -1.18. The number of nitrogens with one attached hydrogen (secondary N) is 1. The van der Waals surface area contributed by atoms with E-state index in [1.807, 2.05) is 0 Å². The van der Waals surface area contributed by atoms with Crippen LogP contribution in [0.25, 0.3) is 0 Å². The smallest absolute Gasteiger partial charge is 0.240 e. The number of sulfonamides is 1. The third-order valence-electron chi connectivity index (χ3n) is 3.69. The summed E-state index contributed by atoms with van der Waals surface area (Å²) in [5, 5.41) is 0. The first-order chi connectivity index (χ1) is 9.44. The van der Waals surface area contributed by atoms with Crippen molar-refractivity contribution in [2.45, 2.75) is 30.7 Å². The summed E-state index contributed by atoms with van der Waals surface area (Å²) < 4.78 is 39.9. The van der Waals surface area contributed by atoms with Crippen molar-refractivity contribution in [3.05, 3.63) is 24.0 Å². The summed E-state index contributed by atoms with van der Waals surface area (Å²) in [5.41, 5.74) is 5.24. The molecule has 1 fully saturated rings. The van der Waals surface area contributed by atoms with Crippen LogP contribution in [0.4, 0.5) is 10.1 Å². The van der Waals surface area contributed by atoms with Gasteiger partial charge in [0.05, 0.1) is 10.6 Å². The summed E-state index contributed by atoms with van der Waals surface area (Å²) in [6.45, 7) is 4.35. The molecule has 2 rings (SSSR count). The van der Waals surface area contributed by atoms with E-state index in [1.165, 1.54) is 6.07 Å². The lowest BCUT2D eigenvalue weighted by molar-refractivity contribution is 0.268. The van der Waals surface area contributed by atoms with E-state index in [4.69, 9.17) is 5.73 Å². The molecular weight excluding hydrogens is 281 g/mol. The van der Waals surface area contributed by atoms with Gasteiger partial charge in [-0.15, -0.1) is 0 Å². The van der Waals surface area contributed by atoms with Crippen LogP contribution in [0, 0.1) is 5.82 Å². The average molecular weight is 301 g/mol. The molecule has 0 amide bonds. The van der Waals surface area contributed by atoms with Gasteiger partial charge in [0.1, 0.15) is 5.82 Å². The minimum atomic E-state index is -3.64. The zero-order valence-electron chi connectivity index (χ0n) is 11.5. The molecule has 1 aromatic carbocycles. The van der Waals surface area contributed by atoms with Gasteiger partial charge in [-0.1, -0.05) is 6.92 Å². The molecule has 0 aromatic heterocycles. The molecule has 112 valence electrons. The zero-order chi connectivity index (χ0) is 14.8. The standard InChI is InChI=1S/C13H20FN3O2S/c1-2-17-7-3-4-10(17)9-16-20(18,19)11-5-6-12(14)13(15)8-11/h5-6,8,10,16H,2-4,7,9,15H2,1H3. The highest BCUT2D eigenvalue weighted by Crippen LogP contribution is 2.19. The van der Waals surface area contributed by atoms with Crippen molar-refractivity contribution in [3.8, 4) is 0 Å². The van der Waals surface area contributed by atoms with Gasteiger partial charge in [-0.05, 0) is 44.1 Å². The number of likely N-dealkylation sites (tertiary alicyclic amines) is 1. The highest BCUT2D eigenvalue weighted by atomic mass is 32.2. The number of likely N-dealkylation sites (N-methyl/N-ethyl adjacent to an activating group) is 1. The number of rotatable bonds is 5. The van der Waals surface area contributed by atoms with Gasteiger partial charge in [0.25, 0.3) is 0 Å². The number of nitrogens with two attached hydrogens (primary N) is 1. The van der Waals surface area contributed by atoms with Crippen LogP contribution in [0.3, 0.4) is 0 Å². The third kappa shape index (κ3) is 3.28. The van der Waals surface area contributed by atoms with Crippen molar-refractivity contribution in [2.75, 3.05) is 25.4 Å². The maximum atomic E-state index is 13.1. The van der Waals surface area contributed by atoms with E-state index in [0.29, 0.717) is 6.54 Å². The summed E-state index contributed by atoms with van der Waals surface area (Å²) in [7, 11) is -3.64. The van der Waals surface area contributed by atoms with Gasteiger partial charge in [-0.2, -0.15) is 0 Å². The molecule has 1 heterocycles. The number of hydrogen-bond acceptors (Lipinski definition) is 4. The van der Waals surface area contributed by atoms with Crippen LogP contribution in [0.15, 0.2) is 23.1 Å². The number of nitrogen functional groups attached to an aromatic ring is 1. The zero-order valence-corrected chi connectivity index (χ0v) is 12.3. The summed E-state index contributed by atoms with van der Waals surface area (Å²) in [6, 6.07) is 3.66. The first-order valence-corrected chi connectivity index (χ1v) is 8.21. The Labute approximate surface area is 119 Å². The summed E-state index contributed by atoms with van der Waals surface area (Å²) in [6.07, 6.45) is 2.08. The molecule has 1 saturated heterocycles. The predicted molar refractivity (Wildman–Crippen MR) is 76.3 cm³/mol. The largest absolute Gasteiger partial charge is 0.396 e. The third-order valence-corrected chi connectivity index (χ3v) is 5.11. The molecule has 3 N–H and O–H groups in total. The molecule has 0 bridgehead atoms. The number of hydrogen-bond donors (Lipinski definition) is 2. The van der Waals surface area contributed by atoms with Gasteiger partial charge in [-0.25, -0.2) is 17.5 Å². The van der Waals surface area contributed by atoms with Crippen LogP contribution >= 0.6 is 0 Å². The maximum Gasteiger partial charge on any atom is 0.240 e. The summed E-state index contributed by atoms with van der Waals surface area (Å²) in [5.74, 6) is -0.614. The number of anilines is 1. The Balaban J connectivity index is 2.05. The molecule has 1 aliphatic heterocycles. The Kier molecular flexibility index (Phi) is 4.62. The minimum Gasteiger partial charge on any atom is -0.396 e. The lowest BCUT2D eigenvalue weighted by Crippen LogP contribution is -2.40. The van der Waals surface area contributed by atoms with Crippen molar-refractivity contribution in [2.24, 2.45) is 0 Å². The number of halogens is 1. The fourth-order valence-corrected chi connectivity index (χ4v) is 3.63. The predicted octanol–water partition coefficient (Wildman–Crippen LogP) is 1.17. The summed E-state index contributed by atoms with van der Waals surface area (Å²) in [4.78, 5) is 2.25. The van der Waals surface area contributed by atoms with Gasteiger partial charge in [0.15, 0.2) is 0 Å². The lowest BCUT2D eigenvalue weighted by atomic mass is 10.2. The molecule has 0 saturated carbocycles. The van der Waals surface area contributed by atoms with Crippen molar-refractivity contribution in [1.29, 1.82) is 0 Å². The highest BCUT2D eigenvalue weighted by Gasteiger charge is 2.25. The van der Waals surface area contributed by atoms with Crippen molar-refractivity contribution in [3.63, 3.8) is 0 Å². The van der Waals surface area contributed by atoms with E-state index in [0.717, 1.165) is 38.1 Å². The average Bonchev–Trinajstić information content (AvgIpc) is 2.87. The number of nitrogens with zero attached hydrogens (tertiary/aromatic N) is 1. The second-order valence-electron chi connectivity index (χ2n) is 4.96. The highest BCUT2D eigenvalue weighted by molar-refractivity contribution is 7.89. The van der Waals surface area contributed by atoms with Gasteiger partial charge >= 0.3 is 0 Å². The van der Waals surface area contributed by atoms with Gasteiger partial charge < -0.3 is 5.73 Å². The van der Waals surface area contributed by atoms with E-state index in [9.17, 15) is 12.8 Å². The molecule has 0 aliphatic carbocycles. The molecule has 0 radical (unpaired) electrons. The van der Waals surface area contributed by atoms with E-state index in [-0.39, 0.29) is 16.6 Å². The second kappa shape index (κ2) is 6.07. The molecule has 1 aromatic rings. The molecule has 1 unspecified atom stereocenters. The quantitative estimate of drug-likeness (QED) is 0.801. The molecular formula is C13H20FN3O2S. The molecule has 1 atom stereocenters. The van der Waals surface area contributed by atoms with E-state index < -0.39 is 15.8 Å². The monoisotopic (exact) mass is 301 g/mol. The van der Waals surface area contributed by atoms with E-state index >= 15 is 0 Å². The topological polar surface area (TPSA) is 75.4 Å². The van der Waals surface area contributed by atoms with E-state index in [2.05, 4.69) is 16.5 Å². The van der Waals surface area contributed by atoms with E-state index in [1.54, 1.807) is 0 Å². The fraction of sp³-hybridized carbons (Fsp3) is 0.538. The van der Waals surface area contributed by atoms with Crippen LogP contribution in [0.2, 0.25) is 0 Å². The molecule has 20 heavy (non-hydrogen) atoms. The van der Waals surface area contributed by atoms with Gasteiger partial charge in [0, 0.05) is 12.6 Å². The molecule has 5 nitrogen and oxygen atoms in total. The Morgan fingerprint density at radius 2 is 2.25 bits per heavy atom. The van der Waals surface area contributed by atoms with Crippen LogP contribution in [-0.4, -0.2) is 39.0 Å². The first kappa shape index (κ1) is 15.2. The maximum absolute atomic E-state index is 13.1. The molecule has 1 aliphatic rings. The lowest BCUT2D eigenvalue weighted by Gasteiger charge is -2.22. The van der Waals surface area contributed by atoms with Crippen LogP contribution in [0.1, 0.15) is 19.8 Å². The Morgan fingerprint density at radius 3 is 2.90 bits per heavy atom. The minimum absolute atomic E-state index is 0.00237. The second-order valence-corrected chi connectivity index (χ2v) is 6.73. The van der Waals surface area contributed by atoms with Crippen LogP contribution < -0.4 is 10.5 Å². The SMILES string of the molecule is CCN1CCCC1CNS(=O)(=O)c1ccc(F)c(N)c1. The van der Waals surface area contributed by atoms with Crippen molar-refractivity contribution >= 4 is 15.7 Å². The fourth-order valence-electron chi connectivity index (χ4n) is 2.52. The van der Waals surface area contributed by atoms with Gasteiger partial charge in [0.2, 0.25) is 10.0 Å². The molecule has 0 spiro atoms. The van der Waals surface area contributed by atoms with Gasteiger partial charge in [-0.3, -0.25) is 4.90 Å². The number of benzene rings is 1. The van der Waals surface area contributed by atoms with Crippen molar-refractivity contribution < 1.29 is 12.8 Å².